The molecule has 3 rings (SSSR count). The molecule has 2 aliphatic rings. The average Bonchev–Trinajstić information content (AvgIpc) is 2.91. The molecule has 1 aromatic heterocycles. The molecule has 6 nitrogen and oxygen atoms in total. The van der Waals surface area contributed by atoms with Crippen LogP contribution in [0.4, 0.5) is 5.82 Å². The van der Waals surface area contributed by atoms with Crippen molar-refractivity contribution in [3.05, 3.63) is 18.3 Å². The predicted molar refractivity (Wildman–Crippen MR) is 76.9 cm³/mol. The quantitative estimate of drug-likeness (QED) is 0.812. The number of sulfonamides is 1. The first-order chi connectivity index (χ1) is 9.30. The summed E-state index contributed by atoms with van der Waals surface area (Å²) in [4.78, 5) is 6.63. The average molecular weight is 296 g/mol. The summed E-state index contributed by atoms with van der Waals surface area (Å²) in [5.74, 6) is 2.05. The van der Waals surface area contributed by atoms with Gasteiger partial charge in [0.1, 0.15) is 10.7 Å². The van der Waals surface area contributed by atoms with Crippen LogP contribution in [0.3, 0.4) is 0 Å². The summed E-state index contributed by atoms with van der Waals surface area (Å²) in [6.07, 6.45) is 1.34. The van der Waals surface area contributed by atoms with Crippen LogP contribution in [0.25, 0.3) is 0 Å². The number of rotatable bonds is 2. The first-order valence-electron chi connectivity index (χ1n) is 6.77. The lowest BCUT2D eigenvalue weighted by Gasteiger charge is -2.36. The minimum absolute atomic E-state index is 0.0181. The molecule has 2 atom stereocenters. The molecule has 3 heterocycles. The summed E-state index contributed by atoms with van der Waals surface area (Å²) in [6.45, 7) is 7.47. The van der Waals surface area contributed by atoms with Crippen molar-refractivity contribution in [3.63, 3.8) is 0 Å². The normalized spacial score (nSPS) is 28.6. The topological polar surface area (TPSA) is 88.3 Å². The first-order valence-corrected chi connectivity index (χ1v) is 8.32. The van der Waals surface area contributed by atoms with Crippen LogP contribution < -0.4 is 15.4 Å². The zero-order valence-electron chi connectivity index (χ0n) is 11.7. The van der Waals surface area contributed by atoms with Crippen LogP contribution >= 0.6 is 0 Å². The molecule has 110 valence electrons. The second-order valence-electron chi connectivity index (χ2n) is 6.19. The van der Waals surface area contributed by atoms with Gasteiger partial charge < -0.3 is 10.2 Å². The number of primary sulfonamides is 1. The Labute approximate surface area is 119 Å². The van der Waals surface area contributed by atoms with Crippen LogP contribution in [0.1, 0.15) is 13.8 Å². The van der Waals surface area contributed by atoms with Gasteiger partial charge in [-0.15, -0.1) is 0 Å². The van der Waals surface area contributed by atoms with E-state index in [9.17, 15) is 8.42 Å². The summed E-state index contributed by atoms with van der Waals surface area (Å²) in [5.41, 5.74) is 0.0181. The van der Waals surface area contributed by atoms with E-state index in [2.05, 4.69) is 29.0 Å². The molecule has 0 saturated carbocycles. The van der Waals surface area contributed by atoms with Crippen molar-refractivity contribution in [1.82, 2.24) is 10.3 Å². The van der Waals surface area contributed by atoms with Crippen LogP contribution in [0.5, 0.6) is 0 Å². The van der Waals surface area contributed by atoms with Crippen molar-refractivity contribution in [2.45, 2.75) is 24.3 Å². The number of nitrogens with zero attached hydrogens (tertiary/aromatic N) is 2. The Kier molecular flexibility index (Phi) is 3.04. The molecule has 3 N–H and O–H groups in total. The summed E-state index contributed by atoms with van der Waals surface area (Å²) in [5, 5.41) is 8.54. The number of hydrogen-bond donors (Lipinski definition) is 2. The maximum Gasteiger partial charge on any atom is 0.239 e. The highest BCUT2D eigenvalue weighted by atomic mass is 32.2. The molecule has 0 aliphatic carbocycles. The number of nitrogens with one attached hydrogen (secondary N) is 1. The highest BCUT2D eigenvalue weighted by molar-refractivity contribution is 7.89. The van der Waals surface area contributed by atoms with Gasteiger partial charge in [-0.3, -0.25) is 0 Å². The number of hydrogen-bond acceptors (Lipinski definition) is 5. The van der Waals surface area contributed by atoms with Crippen LogP contribution in [-0.2, 0) is 10.0 Å². The van der Waals surface area contributed by atoms with Gasteiger partial charge in [-0.2, -0.15) is 0 Å². The second kappa shape index (κ2) is 4.41. The molecule has 2 aliphatic heterocycles. The summed E-state index contributed by atoms with van der Waals surface area (Å²) >= 11 is 0. The number of fused-ring (bicyclic) bond motifs is 1. The number of nitrogens with two attached hydrogens (primary N) is 1. The SMILES string of the molecule is CC1(C)C2CNCC2CN1c1ccc(S(N)(=O)=O)cn1. The van der Waals surface area contributed by atoms with Crippen molar-refractivity contribution in [1.29, 1.82) is 0 Å². The van der Waals surface area contributed by atoms with Crippen LogP contribution in [0.15, 0.2) is 23.2 Å². The van der Waals surface area contributed by atoms with Crippen LogP contribution in [-0.4, -0.2) is 38.6 Å². The molecule has 2 fully saturated rings. The zero-order chi connectivity index (χ0) is 14.5. The van der Waals surface area contributed by atoms with Crippen LogP contribution in [0, 0.1) is 11.8 Å². The standard InChI is InChI=1S/C13H20N4O2S/c1-13(2)11-7-15-5-9(11)8-17(13)12-4-3-10(6-16-12)20(14,18)19/h3-4,6,9,11,15H,5,7-8H2,1-2H3,(H2,14,18,19). The third-order valence-electron chi connectivity index (χ3n) is 4.69. The van der Waals surface area contributed by atoms with E-state index in [4.69, 9.17) is 5.14 Å². The lowest BCUT2D eigenvalue weighted by atomic mass is 9.85. The van der Waals surface area contributed by atoms with Gasteiger partial charge in [0.15, 0.2) is 0 Å². The van der Waals surface area contributed by atoms with E-state index >= 15 is 0 Å². The summed E-state index contributed by atoms with van der Waals surface area (Å²) in [6, 6.07) is 3.27. The maximum absolute atomic E-state index is 11.3. The van der Waals surface area contributed by atoms with E-state index in [1.54, 1.807) is 6.07 Å². The van der Waals surface area contributed by atoms with Gasteiger partial charge in [-0.05, 0) is 37.8 Å². The Balaban J connectivity index is 1.90. The Morgan fingerprint density at radius 3 is 2.70 bits per heavy atom. The predicted octanol–water partition coefficient (Wildman–Crippen LogP) is 0.163. The third kappa shape index (κ3) is 2.10. The van der Waals surface area contributed by atoms with Gasteiger partial charge in [0.05, 0.1) is 0 Å². The number of aromatic nitrogens is 1. The third-order valence-corrected chi connectivity index (χ3v) is 5.58. The molecule has 0 spiro atoms. The van der Waals surface area contributed by atoms with Crippen molar-refractivity contribution in [2.24, 2.45) is 17.0 Å². The number of pyridine rings is 1. The van der Waals surface area contributed by atoms with E-state index < -0.39 is 10.0 Å². The van der Waals surface area contributed by atoms with Crippen LogP contribution in [0.2, 0.25) is 0 Å². The van der Waals surface area contributed by atoms with E-state index in [1.165, 1.54) is 12.3 Å². The van der Waals surface area contributed by atoms with Crippen molar-refractivity contribution < 1.29 is 8.42 Å². The molecule has 2 unspecified atom stereocenters. The molecular formula is C13H20N4O2S. The maximum atomic E-state index is 11.3. The summed E-state index contributed by atoms with van der Waals surface area (Å²) in [7, 11) is -3.68. The lowest BCUT2D eigenvalue weighted by molar-refractivity contribution is 0.356. The van der Waals surface area contributed by atoms with E-state index in [0.29, 0.717) is 11.8 Å². The molecule has 0 radical (unpaired) electrons. The monoisotopic (exact) mass is 296 g/mol. The highest BCUT2D eigenvalue weighted by Gasteiger charge is 2.49. The van der Waals surface area contributed by atoms with Gasteiger partial charge in [-0.25, -0.2) is 18.5 Å². The molecule has 1 aromatic rings. The molecule has 7 heteroatoms. The van der Waals surface area contributed by atoms with Crippen molar-refractivity contribution in [3.8, 4) is 0 Å². The zero-order valence-corrected chi connectivity index (χ0v) is 12.5. The van der Waals surface area contributed by atoms with Gasteiger partial charge >= 0.3 is 0 Å². The Bertz CT molecular complexity index is 612. The van der Waals surface area contributed by atoms with Gasteiger partial charge in [0, 0.05) is 31.4 Å². The number of anilines is 1. The fourth-order valence-electron chi connectivity index (χ4n) is 3.51. The smallest absolute Gasteiger partial charge is 0.239 e. The van der Waals surface area contributed by atoms with Crippen molar-refractivity contribution >= 4 is 15.8 Å². The van der Waals surface area contributed by atoms with Gasteiger partial charge in [0.25, 0.3) is 0 Å². The molecule has 0 bridgehead atoms. The Morgan fingerprint density at radius 1 is 1.40 bits per heavy atom. The second-order valence-corrected chi connectivity index (χ2v) is 7.75. The van der Waals surface area contributed by atoms with E-state index in [-0.39, 0.29) is 10.4 Å². The molecule has 2 saturated heterocycles. The molecule has 20 heavy (non-hydrogen) atoms. The fourth-order valence-corrected chi connectivity index (χ4v) is 3.97. The van der Waals surface area contributed by atoms with E-state index in [0.717, 1.165) is 25.5 Å². The molecule has 0 amide bonds. The highest BCUT2D eigenvalue weighted by Crippen LogP contribution is 2.42. The minimum atomic E-state index is -3.68. The minimum Gasteiger partial charge on any atom is -0.351 e. The fraction of sp³-hybridized carbons (Fsp3) is 0.615. The van der Waals surface area contributed by atoms with Gasteiger partial charge in [0.2, 0.25) is 10.0 Å². The molecular weight excluding hydrogens is 276 g/mol. The largest absolute Gasteiger partial charge is 0.351 e. The molecule has 0 aromatic carbocycles. The summed E-state index contributed by atoms with van der Waals surface area (Å²) < 4.78 is 22.5. The first kappa shape index (κ1) is 13.8. The lowest BCUT2D eigenvalue weighted by Crippen LogP contribution is -2.45. The van der Waals surface area contributed by atoms with Crippen molar-refractivity contribution in [2.75, 3.05) is 24.5 Å². The van der Waals surface area contributed by atoms with Gasteiger partial charge in [-0.1, -0.05) is 0 Å². The van der Waals surface area contributed by atoms with E-state index in [1.807, 2.05) is 0 Å². The Hall–Kier alpha value is -1.18. The Morgan fingerprint density at radius 2 is 2.15 bits per heavy atom.